The van der Waals surface area contributed by atoms with Gasteiger partial charge in [-0.3, -0.25) is 4.79 Å². The Morgan fingerprint density at radius 3 is 2.50 bits per heavy atom. The number of hydrogen-bond acceptors (Lipinski definition) is 3. The second-order valence-corrected chi connectivity index (χ2v) is 3.77. The Hall–Kier alpha value is -1.56. The van der Waals surface area contributed by atoms with Gasteiger partial charge in [-0.25, -0.2) is 0 Å². The predicted molar refractivity (Wildman–Crippen MR) is 57.9 cm³/mol. The first-order valence-corrected chi connectivity index (χ1v) is 5.26. The first-order valence-electron chi connectivity index (χ1n) is 5.26. The summed E-state index contributed by atoms with van der Waals surface area (Å²) in [6.07, 6.45) is -4.50. The van der Waals surface area contributed by atoms with Gasteiger partial charge in [0.1, 0.15) is 6.61 Å². The van der Waals surface area contributed by atoms with E-state index in [0.717, 1.165) is 13.0 Å². The number of aliphatic hydroxyl groups excluding tert-OH is 1. The molecule has 1 rings (SSSR count). The first-order chi connectivity index (χ1) is 8.36. The summed E-state index contributed by atoms with van der Waals surface area (Å²) in [5.74, 6) is -1.48. The van der Waals surface area contributed by atoms with Crippen molar-refractivity contribution in [2.24, 2.45) is 0 Å². The average molecular weight is 262 g/mol. The Balaban J connectivity index is 3.02. The maximum absolute atomic E-state index is 12.8. The van der Waals surface area contributed by atoms with Crippen LogP contribution in [-0.4, -0.2) is 24.3 Å². The molecule has 0 unspecified atom stereocenters. The van der Waals surface area contributed by atoms with Gasteiger partial charge in [0.25, 0.3) is 0 Å². The van der Waals surface area contributed by atoms with Gasteiger partial charge in [-0.2, -0.15) is 13.2 Å². The zero-order valence-corrected chi connectivity index (χ0v) is 9.70. The highest BCUT2D eigenvalue weighted by atomic mass is 19.4. The summed E-state index contributed by atoms with van der Waals surface area (Å²) >= 11 is 0. The van der Waals surface area contributed by atoms with E-state index in [1.54, 1.807) is 0 Å². The van der Waals surface area contributed by atoms with Crippen LogP contribution in [0.1, 0.15) is 24.0 Å². The van der Waals surface area contributed by atoms with Crippen molar-refractivity contribution in [3.8, 4) is 0 Å². The fourth-order valence-electron chi connectivity index (χ4n) is 1.57. The number of alkyl halides is 3. The molecule has 0 saturated carbocycles. The number of halogens is 3. The molecule has 0 aliphatic heterocycles. The van der Waals surface area contributed by atoms with E-state index >= 15 is 0 Å². The van der Waals surface area contributed by atoms with Crippen LogP contribution < -0.4 is 0 Å². The lowest BCUT2D eigenvalue weighted by Gasteiger charge is -2.19. The third-order valence-electron chi connectivity index (χ3n) is 2.41. The molecule has 0 spiro atoms. The second-order valence-electron chi connectivity index (χ2n) is 3.77. The van der Waals surface area contributed by atoms with Crippen LogP contribution in [-0.2, 0) is 15.7 Å². The second kappa shape index (κ2) is 5.86. The highest BCUT2D eigenvalue weighted by molar-refractivity contribution is 5.66. The van der Waals surface area contributed by atoms with Gasteiger partial charge in [0, 0.05) is 12.8 Å². The Labute approximate surface area is 102 Å². The molecule has 6 heteroatoms. The summed E-state index contributed by atoms with van der Waals surface area (Å²) in [6, 6.07) is 4.92. The predicted octanol–water partition coefficient (Wildman–Crippen LogP) is 2.34. The van der Waals surface area contributed by atoms with E-state index in [0.29, 0.717) is 0 Å². The van der Waals surface area contributed by atoms with Crippen molar-refractivity contribution >= 4 is 5.97 Å². The van der Waals surface area contributed by atoms with Gasteiger partial charge in [-0.1, -0.05) is 18.2 Å². The zero-order valence-electron chi connectivity index (χ0n) is 9.70. The van der Waals surface area contributed by atoms with Gasteiger partial charge < -0.3 is 9.84 Å². The van der Waals surface area contributed by atoms with Crippen molar-refractivity contribution in [2.45, 2.75) is 19.0 Å². The highest BCUT2D eigenvalue weighted by Crippen LogP contribution is 2.35. The Bertz CT molecular complexity index is 415. The summed E-state index contributed by atoms with van der Waals surface area (Å²) in [5.41, 5.74) is -0.898. The van der Waals surface area contributed by atoms with Crippen LogP contribution in [0.4, 0.5) is 13.2 Å². The normalized spacial score (nSPS) is 13.2. The summed E-state index contributed by atoms with van der Waals surface area (Å²) in [5, 5.41) is 9.12. The van der Waals surface area contributed by atoms with Gasteiger partial charge in [0.2, 0.25) is 0 Å². The van der Waals surface area contributed by atoms with E-state index in [9.17, 15) is 18.0 Å². The van der Waals surface area contributed by atoms with E-state index in [-0.39, 0.29) is 12.2 Å². The smallest absolute Gasteiger partial charge is 0.416 e. The van der Waals surface area contributed by atoms with Crippen LogP contribution in [0.3, 0.4) is 0 Å². The maximum Gasteiger partial charge on any atom is 0.416 e. The third-order valence-corrected chi connectivity index (χ3v) is 2.41. The van der Waals surface area contributed by atoms with Crippen molar-refractivity contribution in [1.82, 2.24) is 0 Å². The molecule has 0 saturated heterocycles. The molecule has 0 bridgehead atoms. The Morgan fingerprint density at radius 1 is 1.39 bits per heavy atom. The highest BCUT2D eigenvalue weighted by Gasteiger charge is 2.34. The number of hydrogen-bond donors (Lipinski definition) is 1. The molecule has 0 aliphatic carbocycles. The van der Waals surface area contributed by atoms with Crippen LogP contribution in [0.25, 0.3) is 0 Å². The lowest BCUT2D eigenvalue weighted by molar-refractivity contribution is -0.142. The number of carbonyl (C=O) groups is 1. The minimum atomic E-state index is -4.50. The lowest BCUT2D eigenvalue weighted by Crippen LogP contribution is -2.19. The van der Waals surface area contributed by atoms with E-state index in [4.69, 9.17) is 5.11 Å². The summed E-state index contributed by atoms with van der Waals surface area (Å²) in [6.45, 7) is 0.351. The topological polar surface area (TPSA) is 46.5 Å². The monoisotopic (exact) mass is 262 g/mol. The standard InChI is InChI=1S/C12H13F3O3/c1-8(17)18-7-9(6-16)10-4-2-3-5-11(10)12(13,14)15/h2-5,9,16H,6-7H2,1H3/t9-/m0/s1. The molecule has 1 aromatic rings. The van der Waals surface area contributed by atoms with Crippen LogP contribution >= 0.6 is 0 Å². The summed E-state index contributed by atoms with van der Waals surface area (Å²) in [4.78, 5) is 10.7. The Morgan fingerprint density at radius 2 is 2.00 bits per heavy atom. The molecule has 18 heavy (non-hydrogen) atoms. The number of ether oxygens (including phenoxy) is 1. The van der Waals surface area contributed by atoms with Gasteiger partial charge in [0.05, 0.1) is 12.2 Å². The van der Waals surface area contributed by atoms with Gasteiger partial charge in [-0.05, 0) is 11.6 Å². The molecule has 3 nitrogen and oxygen atoms in total. The van der Waals surface area contributed by atoms with Crippen molar-refractivity contribution in [2.75, 3.05) is 13.2 Å². The van der Waals surface area contributed by atoms with Crippen LogP contribution in [0.2, 0.25) is 0 Å². The molecule has 0 heterocycles. The fraction of sp³-hybridized carbons (Fsp3) is 0.417. The van der Waals surface area contributed by atoms with Gasteiger partial charge in [0.15, 0.2) is 0 Å². The van der Waals surface area contributed by atoms with E-state index in [1.807, 2.05) is 0 Å². The fourth-order valence-corrected chi connectivity index (χ4v) is 1.57. The largest absolute Gasteiger partial charge is 0.465 e. The van der Waals surface area contributed by atoms with Crippen molar-refractivity contribution in [3.63, 3.8) is 0 Å². The molecule has 1 N–H and O–H groups in total. The molecule has 0 aliphatic rings. The molecule has 1 atom stereocenters. The molecule has 1 aromatic carbocycles. The molecule has 0 radical (unpaired) electrons. The van der Waals surface area contributed by atoms with E-state index < -0.39 is 30.2 Å². The van der Waals surface area contributed by atoms with Gasteiger partial charge >= 0.3 is 12.1 Å². The first kappa shape index (κ1) is 14.5. The van der Waals surface area contributed by atoms with Gasteiger partial charge in [-0.15, -0.1) is 0 Å². The zero-order chi connectivity index (χ0) is 13.8. The SMILES string of the molecule is CC(=O)OC[C@H](CO)c1ccccc1C(F)(F)F. The van der Waals surface area contributed by atoms with Crippen molar-refractivity contribution in [3.05, 3.63) is 35.4 Å². The Kier molecular flexibility index (Phi) is 4.72. The van der Waals surface area contributed by atoms with E-state index in [1.165, 1.54) is 18.2 Å². The van der Waals surface area contributed by atoms with Crippen molar-refractivity contribution < 1.29 is 27.8 Å². The van der Waals surface area contributed by atoms with Crippen molar-refractivity contribution in [1.29, 1.82) is 0 Å². The number of esters is 1. The quantitative estimate of drug-likeness (QED) is 0.847. The molecule has 0 aromatic heterocycles. The number of benzene rings is 1. The number of carbonyl (C=O) groups excluding carboxylic acids is 1. The van der Waals surface area contributed by atoms with E-state index in [2.05, 4.69) is 4.74 Å². The third kappa shape index (κ3) is 3.73. The minimum Gasteiger partial charge on any atom is -0.465 e. The minimum absolute atomic E-state index is 0.0752. The van der Waals surface area contributed by atoms with Crippen LogP contribution in [0, 0.1) is 0 Å². The average Bonchev–Trinajstić information content (AvgIpc) is 2.29. The molecule has 0 amide bonds. The van der Waals surface area contributed by atoms with Crippen LogP contribution in [0.5, 0.6) is 0 Å². The maximum atomic E-state index is 12.8. The number of aliphatic hydroxyl groups is 1. The molecular formula is C12H13F3O3. The summed E-state index contributed by atoms with van der Waals surface area (Å²) < 4.78 is 42.9. The molecule has 0 fully saturated rings. The molecule has 100 valence electrons. The summed E-state index contributed by atoms with van der Waals surface area (Å²) in [7, 11) is 0. The van der Waals surface area contributed by atoms with Crippen LogP contribution in [0.15, 0.2) is 24.3 Å². The molecular weight excluding hydrogens is 249 g/mol. The lowest BCUT2D eigenvalue weighted by atomic mass is 9.95. The number of rotatable bonds is 4.